The van der Waals surface area contributed by atoms with E-state index in [2.05, 4.69) is 0 Å². The summed E-state index contributed by atoms with van der Waals surface area (Å²) in [7, 11) is 0. The van der Waals surface area contributed by atoms with Crippen LogP contribution < -0.4 is 0 Å². The van der Waals surface area contributed by atoms with Crippen LogP contribution in [0.1, 0.15) is 18.1 Å². The molecular formula is C10H12O2. The number of hydrogen-bond donors (Lipinski definition) is 1. The van der Waals surface area contributed by atoms with E-state index in [4.69, 9.17) is 4.74 Å². The summed E-state index contributed by atoms with van der Waals surface area (Å²) in [5, 5.41) is 9.90. The molecule has 2 nitrogen and oxygen atoms in total. The Hall–Kier alpha value is -0.860. The van der Waals surface area contributed by atoms with E-state index in [-0.39, 0.29) is 0 Å². The largest absolute Gasteiger partial charge is 0.383 e. The van der Waals surface area contributed by atoms with Gasteiger partial charge in [0.25, 0.3) is 0 Å². The first-order chi connectivity index (χ1) is 5.70. The van der Waals surface area contributed by atoms with Crippen LogP contribution in [0.15, 0.2) is 24.3 Å². The summed E-state index contributed by atoms with van der Waals surface area (Å²) in [6, 6.07) is 7.85. The third-order valence-electron chi connectivity index (χ3n) is 2.24. The van der Waals surface area contributed by atoms with Gasteiger partial charge in [-0.05, 0) is 18.1 Å². The lowest BCUT2D eigenvalue weighted by atomic mass is 9.91. The molecule has 1 heterocycles. The van der Waals surface area contributed by atoms with Crippen molar-refractivity contribution in [3.05, 3.63) is 35.4 Å². The van der Waals surface area contributed by atoms with Crippen molar-refractivity contribution in [2.45, 2.75) is 19.1 Å². The summed E-state index contributed by atoms with van der Waals surface area (Å²) in [5.74, 6) is 0. The van der Waals surface area contributed by atoms with Gasteiger partial charge in [0.1, 0.15) is 5.60 Å². The first-order valence-corrected chi connectivity index (χ1v) is 4.09. The molecule has 0 aromatic heterocycles. The van der Waals surface area contributed by atoms with Crippen LogP contribution in [-0.2, 0) is 16.9 Å². The molecule has 2 rings (SSSR count). The molecule has 0 amide bonds. The molecule has 0 aliphatic carbocycles. The highest BCUT2D eigenvalue weighted by Crippen LogP contribution is 2.29. The van der Waals surface area contributed by atoms with Crippen LogP contribution in [0.3, 0.4) is 0 Å². The van der Waals surface area contributed by atoms with Crippen molar-refractivity contribution in [1.29, 1.82) is 0 Å². The van der Waals surface area contributed by atoms with E-state index < -0.39 is 5.60 Å². The van der Waals surface area contributed by atoms with E-state index in [9.17, 15) is 5.11 Å². The van der Waals surface area contributed by atoms with Crippen molar-refractivity contribution in [2.75, 3.05) is 6.61 Å². The quantitative estimate of drug-likeness (QED) is 0.628. The van der Waals surface area contributed by atoms with Crippen LogP contribution in [0, 0.1) is 0 Å². The van der Waals surface area contributed by atoms with Gasteiger partial charge < -0.3 is 9.84 Å². The number of fused-ring (bicyclic) bond motifs is 1. The molecule has 2 heteroatoms. The minimum Gasteiger partial charge on any atom is -0.383 e. The van der Waals surface area contributed by atoms with Crippen LogP contribution in [-0.4, -0.2) is 11.7 Å². The Balaban J connectivity index is 2.52. The van der Waals surface area contributed by atoms with E-state index in [0.717, 1.165) is 11.1 Å². The fourth-order valence-corrected chi connectivity index (χ4v) is 1.61. The molecule has 0 bridgehead atoms. The van der Waals surface area contributed by atoms with E-state index in [1.54, 1.807) is 6.92 Å². The van der Waals surface area contributed by atoms with Gasteiger partial charge in [-0.2, -0.15) is 0 Å². The summed E-state index contributed by atoms with van der Waals surface area (Å²) < 4.78 is 5.26. The smallest absolute Gasteiger partial charge is 0.110 e. The summed E-state index contributed by atoms with van der Waals surface area (Å²) in [6.07, 6.45) is 0. The fourth-order valence-electron chi connectivity index (χ4n) is 1.61. The molecule has 1 aliphatic rings. The zero-order chi connectivity index (χ0) is 8.60. The number of rotatable bonds is 0. The molecule has 64 valence electrons. The van der Waals surface area contributed by atoms with Crippen molar-refractivity contribution >= 4 is 0 Å². The van der Waals surface area contributed by atoms with Crippen LogP contribution in [0.5, 0.6) is 0 Å². The van der Waals surface area contributed by atoms with Crippen molar-refractivity contribution in [3.63, 3.8) is 0 Å². The second-order valence-electron chi connectivity index (χ2n) is 3.42. The molecule has 0 saturated heterocycles. The Morgan fingerprint density at radius 2 is 2.17 bits per heavy atom. The second-order valence-corrected chi connectivity index (χ2v) is 3.42. The molecule has 0 fully saturated rings. The van der Waals surface area contributed by atoms with Gasteiger partial charge in [0.15, 0.2) is 0 Å². The highest BCUT2D eigenvalue weighted by molar-refractivity contribution is 5.32. The molecule has 12 heavy (non-hydrogen) atoms. The molecule has 0 spiro atoms. The molecule has 1 aliphatic heterocycles. The lowest BCUT2D eigenvalue weighted by molar-refractivity contribution is -0.0603. The maximum atomic E-state index is 9.90. The number of aliphatic hydroxyl groups is 1. The topological polar surface area (TPSA) is 29.5 Å². The molecule has 1 aromatic rings. The summed E-state index contributed by atoms with van der Waals surface area (Å²) in [4.78, 5) is 0. The van der Waals surface area contributed by atoms with Crippen LogP contribution in [0.2, 0.25) is 0 Å². The maximum Gasteiger partial charge on any atom is 0.110 e. The van der Waals surface area contributed by atoms with Gasteiger partial charge in [-0.1, -0.05) is 24.3 Å². The minimum absolute atomic E-state index is 0.393. The van der Waals surface area contributed by atoms with Crippen molar-refractivity contribution < 1.29 is 9.84 Å². The number of benzene rings is 1. The summed E-state index contributed by atoms with van der Waals surface area (Å²) >= 11 is 0. The molecule has 0 radical (unpaired) electrons. The molecule has 0 saturated carbocycles. The number of hydrogen-bond acceptors (Lipinski definition) is 2. The van der Waals surface area contributed by atoms with Gasteiger partial charge in [0, 0.05) is 0 Å². The SMILES string of the molecule is CC1(O)COCc2ccccc21. The number of ether oxygens (including phenoxy) is 1. The molecule has 1 aromatic carbocycles. The highest BCUT2D eigenvalue weighted by atomic mass is 16.5. The van der Waals surface area contributed by atoms with E-state index in [1.807, 2.05) is 24.3 Å². The first-order valence-electron chi connectivity index (χ1n) is 4.09. The van der Waals surface area contributed by atoms with E-state index in [1.165, 1.54) is 0 Å². The lowest BCUT2D eigenvalue weighted by Crippen LogP contribution is -2.32. The highest BCUT2D eigenvalue weighted by Gasteiger charge is 2.29. The van der Waals surface area contributed by atoms with Crippen LogP contribution >= 0.6 is 0 Å². The molecular weight excluding hydrogens is 152 g/mol. The van der Waals surface area contributed by atoms with Gasteiger partial charge >= 0.3 is 0 Å². The lowest BCUT2D eigenvalue weighted by Gasteiger charge is -2.30. The van der Waals surface area contributed by atoms with Gasteiger partial charge in [-0.25, -0.2) is 0 Å². The maximum absolute atomic E-state index is 9.90. The summed E-state index contributed by atoms with van der Waals surface area (Å²) in [5.41, 5.74) is 1.28. The zero-order valence-corrected chi connectivity index (χ0v) is 7.08. The van der Waals surface area contributed by atoms with Crippen molar-refractivity contribution in [1.82, 2.24) is 0 Å². The minimum atomic E-state index is -0.811. The Morgan fingerprint density at radius 3 is 2.92 bits per heavy atom. The Bertz CT molecular complexity index is 292. The van der Waals surface area contributed by atoms with Crippen molar-refractivity contribution in [3.8, 4) is 0 Å². The van der Waals surface area contributed by atoms with Gasteiger partial charge in [0.2, 0.25) is 0 Å². The summed E-state index contributed by atoms with van der Waals surface area (Å²) in [6.45, 7) is 2.79. The zero-order valence-electron chi connectivity index (χ0n) is 7.08. The standard InChI is InChI=1S/C10H12O2/c1-10(11)7-12-6-8-4-2-3-5-9(8)10/h2-5,11H,6-7H2,1H3. The Morgan fingerprint density at radius 1 is 1.42 bits per heavy atom. The van der Waals surface area contributed by atoms with E-state index >= 15 is 0 Å². The monoisotopic (exact) mass is 164 g/mol. The van der Waals surface area contributed by atoms with Gasteiger partial charge in [-0.3, -0.25) is 0 Å². The van der Waals surface area contributed by atoms with E-state index in [0.29, 0.717) is 13.2 Å². The second kappa shape index (κ2) is 2.57. The van der Waals surface area contributed by atoms with Crippen LogP contribution in [0.25, 0.3) is 0 Å². The van der Waals surface area contributed by atoms with Crippen molar-refractivity contribution in [2.24, 2.45) is 0 Å². The third kappa shape index (κ3) is 1.13. The predicted molar refractivity (Wildman–Crippen MR) is 45.7 cm³/mol. The average Bonchev–Trinajstić information content (AvgIpc) is 2.04. The molecule has 1 N–H and O–H groups in total. The molecule has 1 unspecified atom stereocenters. The van der Waals surface area contributed by atoms with Gasteiger partial charge in [-0.15, -0.1) is 0 Å². The third-order valence-corrected chi connectivity index (χ3v) is 2.24. The Labute approximate surface area is 71.8 Å². The Kier molecular flexibility index (Phi) is 1.67. The average molecular weight is 164 g/mol. The van der Waals surface area contributed by atoms with Crippen LogP contribution in [0.4, 0.5) is 0 Å². The normalized spacial score (nSPS) is 28.2. The van der Waals surface area contributed by atoms with Gasteiger partial charge in [0.05, 0.1) is 13.2 Å². The fraction of sp³-hybridized carbons (Fsp3) is 0.400. The predicted octanol–water partition coefficient (Wildman–Crippen LogP) is 1.42. The first kappa shape index (κ1) is 7.77. The molecule has 1 atom stereocenters.